The topological polar surface area (TPSA) is 181 Å². The third-order valence-electron chi connectivity index (χ3n) is 10.4. The molecule has 4 aliphatic rings. The fourth-order valence-electron chi connectivity index (χ4n) is 7.24. The van der Waals surface area contributed by atoms with Gasteiger partial charge in [-0.3, -0.25) is 34.0 Å². The zero-order chi connectivity index (χ0) is 37.2. The van der Waals surface area contributed by atoms with Gasteiger partial charge in [0.2, 0.25) is 17.7 Å². The number of amides is 5. The highest BCUT2D eigenvalue weighted by atomic mass is 79.9. The van der Waals surface area contributed by atoms with Crippen LogP contribution in [0, 0.1) is 23.7 Å². The van der Waals surface area contributed by atoms with E-state index < -0.39 is 89.8 Å². The number of carbonyl (C=O) groups excluding carboxylic acids is 6. The van der Waals surface area contributed by atoms with Crippen LogP contribution in [0.1, 0.15) is 80.6 Å². The van der Waals surface area contributed by atoms with Crippen molar-refractivity contribution in [1.82, 2.24) is 36.0 Å². The number of alkyl halides is 1. The highest BCUT2D eigenvalue weighted by molar-refractivity contribution is 9.09. The first kappa shape index (κ1) is 40.0. The molecule has 4 saturated heterocycles. The fraction of sp³-hybridized carbons (Fsp3) is 0.824. The van der Waals surface area contributed by atoms with Crippen LogP contribution in [0.2, 0.25) is 0 Å². The first-order chi connectivity index (χ1) is 23.5. The van der Waals surface area contributed by atoms with Crippen LogP contribution in [0.15, 0.2) is 0 Å². The Morgan fingerprint density at radius 1 is 0.860 bits per heavy atom. The first-order valence-corrected chi connectivity index (χ1v) is 18.9. The van der Waals surface area contributed by atoms with Gasteiger partial charge in [0.05, 0.1) is 6.10 Å². The summed E-state index contributed by atoms with van der Waals surface area (Å²) in [6.07, 6.45) is -1.04. The minimum atomic E-state index is -1.29. The van der Waals surface area contributed by atoms with Gasteiger partial charge in [-0.15, -0.1) is 0 Å². The van der Waals surface area contributed by atoms with Crippen LogP contribution in [-0.2, 0) is 33.5 Å². The van der Waals surface area contributed by atoms with Gasteiger partial charge < -0.3 is 25.0 Å². The molecule has 0 saturated carbocycles. The molecule has 0 aliphatic carbocycles. The molecule has 0 radical (unpaired) electrons. The summed E-state index contributed by atoms with van der Waals surface area (Å²) in [5.74, 6) is -4.39. The Kier molecular flexibility index (Phi) is 13.3. The molecule has 0 aromatic heterocycles. The van der Waals surface area contributed by atoms with Gasteiger partial charge in [-0.25, -0.2) is 15.6 Å². The van der Waals surface area contributed by atoms with Crippen molar-refractivity contribution in [2.45, 2.75) is 128 Å². The number of hydrogen-bond donors (Lipinski definition) is 4. The molecule has 15 nitrogen and oxygen atoms in total. The summed E-state index contributed by atoms with van der Waals surface area (Å²) in [5, 5.41) is 15.9. The fourth-order valence-corrected chi connectivity index (χ4v) is 7.74. The van der Waals surface area contributed by atoms with Gasteiger partial charge in [0.1, 0.15) is 30.2 Å². The van der Waals surface area contributed by atoms with E-state index in [0.29, 0.717) is 19.4 Å². The van der Waals surface area contributed by atoms with E-state index in [-0.39, 0.29) is 49.0 Å². The molecular formula is C34H56BrN7O8. The zero-order valence-corrected chi connectivity index (χ0v) is 32.1. The van der Waals surface area contributed by atoms with Crippen LogP contribution >= 0.6 is 15.9 Å². The molecule has 0 aromatic carbocycles. The third kappa shape index (κ3) is 8.61. The lowest BCUT2D eigenvalue weighted by atomic mass is 9.96. The van der Waals surface area contributed by atoms with Crippen molar-refractivity contribution < 1.29 is 38.6 Å². The summed E-state index contributed by atoms with van der Waals surface area (Å²) in [5.41, 5.74) is 5.94. The molecule has 4 N–H and O–H groups in total. The summed E-state index contributed by atoms with van der Waals surface area (Å²) in [7, 11) is 1.51. The number of halogens is 1. The van der Waals surface area contributed by atoms with E-state index in [4.69, 9.17) is 4.74 Å². The summed E-state index contributed by atoms with van der Waals surface area (Å²) in [6, 6.07) is -5.30. The number of rotatable bonds is 5. The van der Waals surface area contributed by atoms with Crippen molar-refractivity contribution in [3.63, 3.8) is 0 Å². The number of hydrogen-bond acceptors (Lipinski definition) is 10. The Balaban J connectivity index is 1.85. The number of esters is 1. The minimum absolute atomic E-state index is 0.00835. The van der Waals surface area contributed by atoms with Crippen LogP contribution < -0.4 is 16.2 Å². The second-order valence-corrected chi connectivity index (χ2v) is 16.6. The molecule has 4 rings (SSSR count). The van der Waals surface area contributed by atoms with E-state index in [0.717, 1.165) is 0 Å². The Bertz CT molecular complexity index is 1300. The number of likely N-dealkylation sites (N-methyl/N-ethyl adjacent to an activating group) is 1. The molecule has 4 fully saturated rings. The van der Waals surface area contributed by atoms with Crippen molar-refractivity contribution in [3.8, 4) is 0 Å². The highest BCUT2D eigenvalue weighted by Crippen LogP contribution is 2.29. The maximum Gasteiger partial charge on any atom is 0.329 e. The number of ether oxygens (including phenoxy) is 1. The number of carbonyl (C=O) groups is 6. The monoisotopic (exact) mass is 769 g/mol. The summed E-state index contributed by atoms with van der Waals surface area (Å²) < 4.78 is 5.95. The standard InChI is InChI=1S/C34H56BrN7O8/c1-9-20(7)28-33(48)42-25(12-21(35)14-36-42)32(47)41-26(13-22(43)15-37-41)30(45)39(8)24(10-17(2)3)31(46)40-16-19(6)11-23(40)29(44)38-27(18(4)5)34(49)50-28/h17-28,36-37,43H,9-16H2,1-8H3,(H,38,44)/t19-,20-,21+,22+,23+,24-,25-,26+,27-,28+/m1/s1. The SMILES string of the molecule is CC[C@@H](C)[C@@H]1OC(=O)[C@@H](C(C)C)NC(=O)[C@@H]2C[C@@H](C)CN2C(=O)[C@@H](CC(C)C)N(C)C(=O)[C@@H]2C[C@H](O)CNN2C(=O)[C@H]2C[C@H](Br)CNN2C1=O. The lowest BCUT2D eigenvalue weighted by Crippen LogP contribution is -2.70. The zero-order valence-electron chi connectivity index (χ0n) is 30.6. The van der Waals surface area contributed by atoms with Gasteiger partial charge in [0.25, 0.3) is 11.8 Å². The predicted octanol–water partition coefficient (Wildman–Crippen LogP) is 0.544. The van der Waals surface area contributed by atoms with E-state index in [1.165, 1.54) is 26.9 Å². The molecule has 10 atom stereocenters. The lowest BCUT2D eigenvalue weighted by molar-refractivity contribution is -0.175. The van der Waals surface area contributed by atoms with Crippen LogP contribution in [0.25, 0.3) is 0 Å². The van der Waals surface area contributed by atoms with Gasteiger partial charge >= 0.3 is 5.97 Å². The quantitative estimate of drug-likeness (QED) is 0.228. The Morgan fingerprint density at radius 2 is 1.48 bits per heavy atom. The Labute approximate surface area is 303 Å². The molecule has 5 amide bonds. The molecule has 4 heterocycles. The van der Waals surface area contributed by atoms with Crippen LogP contribution in [0.4, 0.5) is 0 Å². The average Bonchev–Trinajstić information content (AvgIpc) is 3.47. The van der Waals surface area contributed by atoms with Crippen molar-refractivity contribution in [2.24, 2.45) is 23.7 Å². The smallest absolute Gasteiger partial charge is 0.329 e. The summed E-state index contributed by atoms with van der Waals surface area (Å²) in [6.45, 7) is 13.5. The summed E-state index contributed by atoms with van der Waals surface area (Å²) >= 11 is 3.57. The van der Waals surface area contributed by atoms with Crippen molar-refractivity contribution >= 4 is 51.4 Å². The number of nitrogens with zero attached hydrogens (tertiary/aromatic N) is 4. The van der Waals surface area contributed by atoms with E-state index in [2.05, 4.69) is 32.1 Å². The molecule has 16 heteroatoms. The van der Waals surface area contributed by atoms with Crippen LogP contribution in [-0.4, -0.2) is 134 Å². The van der Waals surface area contributed by atoms with Gasteiger partial charge in [0.15, 0.2) is 6.10 Å². The molecule has 0 bridgehead atoms. The van der Waals surface area contributed by atoms with Gasteiger partial charge in [-0.05, 0) is 43.4 Å². The Morgan fingerprint density at radius 3 is 2.10 bits per heavy atom. The molecular weight excluding hydrogens is 714 g/mol. The maximum atomic E-state index is 14.5. The largest absolute Gasteiger partial charge is 0.450 e. The highest BCUT2D eigenvalue weighted by Gasteiger charge is 2.49. The number of β-amino-alcohol motifs (C(OH)–C–C–N with tert-alkyl or cyclic N) is 1. The number of nitrogens with one attached hydrogen (secondary N) is 3. The van der Waals surface area contributed by atoms with E-state index in [1.807, 2.05) is 27.7 Å². The maximum absolute atomic E-state index is 14.5. The van der Waals surface area contributed by atoms with Crippen LogP contribution in [0.5, 0.6) is 0 Å². The molecule has 0 unspecified atom stereocenters. The average molecular weight is 771 g/mol. The molecule has 50 heavy (non-hydrogen) atoms. The molecule has 0 aromatic rings. The number of aliphatic hydroxyl groups is 1. The van der Waals surface area contributed by atoms with Crippen molar-refractivity contribution in [2.75, 3.05) is 26.7 Å². The molecule has 0 spiro atoms. The number of fused-ring (bicyclic) bond motifs is 3. The first-order valence-electron chi connectivity index (χ1n) is 18.0. The second kappa shape index (κ2) is 16.7. The second-order valence-electron chi connectivity index (χ2n) is 15.3. The normalized spacial score (nSPS) is 34.6. The minimum Gasteiger partial charge on any atom is -0.450 e. The molecule has 282 valence electrons. The van der Waals surface area contributed by atoms with Crippen molar-refractivity contribution in [3.05, 3.63) is 0 Å². The predicted molar refractivity (Wildman–Crippen MR) is 187 cm³/mol. The van der Waals surface area contributed by atoms with E-state index >= 15 is 0 Å². The number of aliphatic hydroxyl groups excluding tert-OH is 1. The van der Waals surface area contributed by atoms with E-state index in [9.17, 15) is 33.9 Å². The third-order valence-corrected chi connectivity index (χ3v) is 11.1. The van der Waals surface area contributed by atoms with E-state index in [1.54, 1.807) is 20.8 Å². The number of cyclic esters (lactones) is 1. The van der Waals surface area contributed by atoms with Crippen molar-refractivity contribution in [1.29, 1.82) is 0 Å². The summed E-state index contributed by atoms with van der Waals surface area (Å²) in [4.78, 5) is 88.1. The lowest BCUT2D eigenvalue weighted by Gasteiger charge is -2.45. The molecule has 4 aliphatic heterocycles. The van der Waals surface area contributed by atoms with Gasteiger partial charge in [0, 0.05) is 43.8 Å². The van der Waals surface area contributed by atoms with Gasteiger partial charge in [-0.1, -0.05) is 64.4 Å². The van der Waals surface area contributed by atoms with Gasteiger partial charge in [-0.2, -0.15) is 0 Å². The van der Waals surface area contributed by atoms with Crippen LogP contribution in [0.3, 0.4) is 0 Å². The number of hydrazine groups is 2. The Hall–Kier alpha value is -2.82.